The maximum atomic E-state index is 5.52. The van der Waals surface area contributed by atoms with Crippen LogP contribution in [-0.2, 0) is 0 Å². The third kappa shape index (κ3) is 2.85. The van der Waals surface area contributed by atoms with Gasteiger partial charge in [-0.15, -0.1) is 0 Å². The molecule has 1 saturated carbocycles. The first-order valence-electron chi connectivity index (χ1n) is 5.72. The highest BCUT2D eigenvalue weighted by Crippen LogP contribution is 2.36. The average molecular weight is 272 g/mol. The normalized spacial score (nSPS) is 26.6. The van der Waals surface area contributed by atoms with E-state index in [1.54, 1.807) is 0 Å². The second kappa shape index (κ2) is 4.71. The van der Waals surface area contributed by atoms with E-state index in [0.29, 0.717) is 12.1 Å². The van der Waals surface area contributed by atoms with E-state index in [9.17, 15) is 0 Å². The monoisotopic (exact) mass is 271 g/mol. The molecule has 0 bridgehead atoms. The van der Waals surface area contributed by atoms with Crippen LogP contribution in [0.2, 0.25) is 0 Å². The van der Waals surface area contributed by atoms with Crippen molar-refractivity contribution >= 4 is 15.9 Å². The number of hydrogen-bond acceptors (Lipinski definition) is 2. The van der Waals surface area contributed by atoms with Crippen molar-refractivity contribution in [1.29, 1.82) is 0 Å². The van der Waals surface area contributed by atoms with Crippen LogP contribution in [0.5, 0.6) is 0 Å². The number of halogens is 1. The fourth-order valence-corrected chi connectivity index (χ4v) is 2.42. The van der Waals surface area contributed by atoms with Gasteiger partial charge in [-0.25, -0.2) is 0 Å². The Bertz CT molecular complexity index is 323. The molecule has 1 N–H and O–H groups in total. The lowest BCUT2D eigenvalue weighted by molar-refractivity contribution is 0.410. The fraction of sp³-hybridized carbons (Fsp3) is 0.667. The molecule has 1 aromatic heterocycles. The van der Waals surface area contributed by atoms with E-state index >= 15 is 0 Å². The van der Waals surface area contributed by atoms with E-state index in [-0.39, 0.29) is 0 Å². The molecule has 0 saturated heterocycles. The minimum absolute atomic E-state index is 0.322. The lowest BCUT2D eigenvalue weighted by Gasteiger charge is -2.10. The molecule has 0 radical (unpaired) electrons. The van der Waals surface area contributed by atoms with Gasteiger partial charge in [-0.05, 0) is 53.7 Å². The highest BCUT2D eigenvalue weighted by Gasteiger charge is 2.36. The lowest BCUT2D eigenvalue weighted by Crippen LogP contribution is -2.21. The van der Waals surface area contributed by atoms with Gasteiger partial charge in [0.2, 0.25) is 0 Å². The average Bonchev–Trinajstić information content (AvgIpc) is 2.76. The van der Waals surface area contributed by atoms with Crippen molar-refractivity contribution in [2.45, 2.75) is 45.2 Å². The Morgan fingerprint density at radius 2 is 2.40 bits per heavy atom. The molecule has 3 atom stereocenters. The zero-order chi connectivity index (χ0) is 10.8. The summed E-state index contributed by atoms with van der Waals surface area (Å²) in [7, 11) is 0. The molecule has 0 aromatic carbocycles. The molecule has 15 heavy (non-hydrogen) atoms. The zero-order valence-electron chi connectivity index (χ0n) is 9.29. The SMILES string of the molecule is CCCC1CC1NC(C)c1ccc(Br)o1. The van der Waals surface area contributed by atoms with Crippen LogP contribution in [0.4, 0.5) is 0 Å². The van der Waals surface area contributed by atoms with Gasteiger partial charge in [0.15, 0.2) is 4.67 Å². The van der Waals surface area contributed by atoms with Crippen LogP contribution in [0.3, 0.4) is 0 Å². The van der Waals surface area contributed by atoms with Gasteiger partial charge < -0.3 is 9.73 Å². The Hall–Kier alpha value is -0.280. The first-order chi connectivity index (χ1) is 7.20. The molecule has 2 nitrogen and oxygen atoms in total. The second-order valence-corrected chi connectivity index (χ2v) is 5.20. The summed E-state index contributed by atoms with van der Waals surface area (Å²) in [6.07, 6.45) is 3.98. The fourth-order valence-electron chi connectivity index (χ4n) is 2.11. The topological polar surface area (TPSA) is 25.2 Å². The summed E-state index contributed by atoms with van der Waals surface area (Å²) >= 11 is 3.32. The molecule has 0 amide bonds. The molecule has 1 aliphatic carbocycles. The number of rotatable bonds is 5. The van der Waals surface area contributed by atoms with E-state index in [1.807, 2.05) is 12.1 Å². The number of hydrogen-bond donors (Lipinski definition) is 1. The van der Waals surface area contributed by atoms with Gasteiger partial charge in [0.25, 0.3) is 0 Å². The summed E-state index contributed by atoms with van der Waals surface area (Å²) in [4.78, 5) is 0. The van der Waals surface area contributed by atoms with Crippen LogP contribution in [-0.4, -0.2) is 6.04 Å². The number of nitrogens with one attached hydrogen (secondary N) is 1. The van der Waals surface area contributed by atoms with Crippen LogP contribution >= 0.6 is 15.9 Å². The van der Waals surface area contributed by atoms with E-state index < -0.39 is 0 Å². The minimum Gasteiger partial charge on any atom is -0.453 e. The molecule has 3 heteroatoms. The number of furan rings is 1. The summed E-state index contributed by atoms with van der Waals surface area (Å²) < 4.78 is 6.34. The summed E-state index contributed by atoms with van der Waals surface area (Å²) in [6.45, 7) is 4.41. The van der Waals surface area contributed by atoms with Gasteiger partial charge in [0, 0.05) is 6.04 Å². The van der Waals surface area contributed by atoms with Crippen molar-refractivity contribution in [2.75, 3.05) is 0 Å². The third-order valence-electron chi connectivity index (χ3n) is 3.07. The van der Waals surface area contributed by atoms with E-state index in [1.165, 1.54) is 19.3 Å². The molecule has 1 fully saturated rings. The standard InChI is InChI=1S/C12H18BrNO/c1-3-4-9-7-10(9)14-8(2)11-5-6-12(13)15-11/h5-6,8-10,14H,3-4,7H2,1-2H3. The van der Waals surface area contributed by atoms with Crippen molar-refractivity contribution in [1.82, 2.24) is 5.32 Å². The van der Waals surface area contributed by atoms with Crippen LogP contribution < -0.4 is 5.32 Å². The van der Waals surface area contributed by atoms with Crippen LogP contribution in [0, 0.1) is 5.92 Å². The summed E-state index contributed by atoms with van der Waals surface area (Å²) in [5.41, 5.74) is 0. The van der Waals surface area contributed by atoms with E-state index in [4.69, 9.17) is 4.42 Å². The minimum atomic E-state index is 0.322. The smallest absolute Gasteiger partial charge is 0.169 e. The van der Waals surface area contributed by atoms with Crippen molar-refractivity contribution in [2.24, 2.45) is 5.92 Å². The zero-order valence-corrected chi connectivity index (χ0v) is 10.9. The molecule has 0 spiro atoms. The Balaban J connectivity index is 1.81. The first kappa shape index (κ1) is 11.2. The second-order valence-electron chi connectivity index (χ2n) is 4.42. The van der Waals surface area contributed by atoms with Gasteiger partial charge in [-0.3, -0.25) is 0 Å². The summed E-state index contributed by atoms with van der Waals surface area (Å²) in [5, 5.41) is 3.60. The molecule has 0 aliphatic heterocycles. The predicted molar refractivity (Wildman–Crippen MR) is 64.8 cm³/mol. The van der Waals surface area contributed by atoms with Crippen LogP contribution in [0.25, 0.3) is 0 Å². The maximum Gasteiger partial charge on any atom is 0.169 e. The molecule has 1 aliphatic rings. The molecule has 1 heterocycles. The van der Waals surface area contributed by atoms with E-state index in [0.717, 1.165) is 16.3 Å². The lowest BCUT2D eigenvalue weighted by atomic mass is 10.2. The highest BCUT2D eigenvalue weighted by molar-refractivity contribution is 9.10. The molecular formula is C12H18BrNO. The molecule has 2 rings (SSSR count). The molecule has 1 aromatic rings. The van der Waals surface area contributed by atoms with Crippen molar-refractivity contribution in [3.05, 3.63) is 22.6 Å². The Labute approximate surface area is 99.6 Å². The Kier molecular flexibility index (Phi) is 3.52. The van der Waals surface area contributed by atoms with Crippen molar-refractivity contribution in [3.8, 4) is 0 Å². The molecule has 84 valence electrons. The van der Waals surface area contributed by atoms with Crippen LogP contribution in [0.15, 0.2) is 21.2 Å². The predicted octanol–water partition coefficient (Wildman–Crippen LogP) is 3.88. The largest absolute Gasteiger partial charge is 0.453 e. The Morgan fingerprint density at radius 3 is 3.00 bits per heavy atom. The first-order valence-corrected chi connectivity index (χ1v) is 6.51. The van der Waals surface area contributed by atoms with Gasteiger partial charge in [-0.1, -0.05) is 13.3 Å². The van der Waals surface area contributed by atoms with Crippen molar-refractivity contribution in [3.63, 3.8) is 0 Å². The third-order valence-corrected chi connectivity index (χ3v) is 3.49. The van der Waals surface area contributed by atoms with Crippen molar-refractivity contribution < 1.29 is 4.42 Å². The van der Waals surface area contributed by atoms with Crippen LogP contribution in [0.1, 0.15) is 44.9 Å². The summed E-state index contributed by atoms with van der Waals surface area (Å²) in [5.74, 6) is 1.92. The molecule has 3 unspecified atom stereocenters. The van der Waals surface area contributed by atoms with Gasteiger partial charge in [-0.2, -0.15) is 0 Å². The van der Waals surface area contributed by atoms with E-state index in [2.05, 4.69) is 35.1 Å². The summed E-state index contributed by atoms with van der Waals surface area (Å²) in [6, 6.07) is 5.01. The van der Waals surface area contributed by atoms with Gasteiger partial charge >= 0.3 is 0 Å². The Morgan fingerprint density at radius 1 is 1.60 bits per heavy atom. The maximum absolute atomic E-state index is 5.52. The quantitative estimate of drug-likeness (QED) is 0.879. The molecular weight excluding hydrogens is 254 g/mol. The van der Waals surface area contributed by atoms with Gasteiger partial charge in [0.1, 0.15) is 5.76 Å². The highest BCUT2D eigenvalue weighted by atomic mass is 79.9. The van der Waals surface area contributed by atoms with Gasteiger partial charge in [0.05, 0.1) is 6.04 Å².